The Kier molecular flexibility index (Phi) is 3.77. The number of furan rings is 1. The number of hydrogen-bond donors (Lipinski definition) is 1. The highest BCUT2D eigenvalue weighted by Crippen LogP contribution is 2.44. The summed E-state index contributed by atoms with van der Waals surface area (Å²) in [5.41, 5.74) is 2.46. The lowest BCUT2D eigenvalue weighted by Crippen LogP contribution is -1.92. The number of rotatable bonds is 4. The molecule has 0 bridgehead atoms. The SMILES string of the molecule is COc1cc(OC)c2c(-c3ccccc3)c(C(C)O)oc2c1. The molecule has 0 radical (unpaired) electrons. The van der Waals surface area contributed by atoms with Crippen LogP contribution in [0, 0.1) is 0 Å². The minimum Gasteiger partial charge on any atom is -0.496 e. The second-order valence-corrected chi connectivity index (χ2v) is 5.09. The van der Waals surface area contributed by atoms with E-state index >= 15 is 0 Å². The van der Waals surface area contributed by atoms with Gasteiger partial charge in [0.1, 0.15) is 28.9 Å². The summed E-state index contributed by atoms with van der Waals surface area (Å²) < 4.78 is 16.7. The number of hydrogen-bond acceptors (Lipinski definition) is 4. The van der Waals surface area contributed by atoms with Crippen LogP contribution in [0.3, 0.4) is 0 Å². The fourth-order valence-electron chi connectivity index (χ4n) is 2.65. The van der Waals surface area contributed by atoms with Gasteiger partial charge in [0.15, 0.2) is 0 Å². The summed E-state index contributed by atoms with van der Waals surface area (Å²) in [5.74, 6) is 1.83. The third-order valence-electron chi connectivity index (χ3n) is 3.65. The first kappa shape index (κ1) is 14.5. The summed E-state index contributed by atoms with van der Waals surface area (Å²) in [5, 5.41) is 10.9. The Morgan fingerprint density at radius 2 is 1.77 bits per heavy atom. The molecule has 4 heteroatoms. The summed E-state index contributed by atoms with van der Waals surface area (Å²) in [7, 11) is 3.20. The van der Waals surface area contributed by atoms with Crippen LogP contribution in [0.2, 0.25) is 0 Å². The van der Waals surface area contributed by atoms with Gasteiger partial charge in [-0.05, 0) is 12.5 Å². The lowest BCUT2D eigenvalue weighted by molar-refractivity contribution is 0.173. The van der Waals surface area contributed by atoms with Crippen LogP contribution in [0.4, 0.5) is 0 Å². The highest BCUT2D eigenvalue weighted by molar-refractivity contribution is 6.01. The third-order valence-corrected chi connectivity index (χ3v) is 3.65. The van der Waals surface area contributed by atoms with Crippen molar-refractivity contribution in [1.82, 2.24) is 0 Å². The van der Waals surface area contributed by atoms with E-state index in [1.807, 2.05) is 36.4 Å². The van der Waals surface area contributed by atoms with Crippen LogP contribution in [0.5, 0.6) is 11.5 Å². The van der Waals surface area contributed by atoms with Gasteiger partial charge in [0, 0.05) is 17.7 Å². The minimum absolute atomic E-state index is 0.521. The average molecular weight is 298 g/mol. The fourth-order valence-corrected chi connectivity index (χ4v) is 2.65. The Hall–Kier alpha value is -2.46. The zero-order chi connectivity index (χ0) is 15.7. The predicted octanol–water partition coefficient (Wildman–Crippen LogP) is 4.17. The van der Waals surface area contributed by atoms with Crippen molar-refractivity contribution in [2.24, 2.45) is 0 Å². The molecule has 0 aliphatic heterocycles. The molecule has 0 amide bonds. The molecule has 1 aromatic heterocycles. The lowest BCUT2D eigenvalue weighted by atomic mass is 9.99. The van der Waals surface area contributed by atoms with Crippen molar-refractivity contribution in [3.8, 4) is 22.6 Å². The summed E-state index contributed by atoms with van der Waals surface area (Å²) in [6.07, 6.45) is -0.724. The topological polar surface area (TPSA) is 51.8 Å². The molecule has 3 rings (SSSR count). The first-order valence-corrected chi connectivity index (χ1v) is 7.07. The Morgan fingerprint density at radius 1 is 1.05 bits per heavy atom. The Bertz CT molecular complexity index is 788. The molecule has 114 valence electrons. The predicted molar refractivity (Wildman–Crippen MR) is 85.4 cm³/mol. The average Bonchev–Trinajstić information content (AvgIpc) is 2.94. The number of methoxy groups -OCH3 is 2. The molecule has 0 spiro atoms. The van der Waals surface area contributed by atoms with Gasteiger partial charge < -0.3 is 19.0 Å². The zero-order valence-corrected chi connectivity index (χ0v) is 12.8. The third kappa shape index (κ3) is 2.31. The summed E-state index contributed by atoms with van der Waals surface area (Å²) in [6.45, 7) is 1.69. The fraction of sp³-hybridized carbons (Fsp3) is 0.222. The monoisotopic (exact) mass is 298 g/mol. The zero-order valence-electron chi connectivity index (χ0n) is 12.8. The molecule has 2 aromatic carbocycles. The Morgan fingerprint density at radius 3 is 2.36 bits per heavy atom. The maximum absolute atomic E-state index is 10.1. The first-order valence-electron chi connectivity index (χ1n) is 7.07. The van der Waals surface area contributed by atoms with E-state index < -0.39 is 6.10 Å². The molecule has 1 unspecified atom stereocenters. The molecule has 0 saturated carbocycles. The van der Waals surface area contributed by atoms with Crippen LogP contribution >= 0.6 is 0 Å². The van der Waals surface area contributed by atoms with Gasteiger partial charge in [-0.15, -0.1) is 0 Å². The Labute approximate surface area is 128 Å². The Balaban J connectivity index is 2.39. The molecule has 0 aliphatic rings. The molecule has 0 aliphatic carbocycles. The first-order chi connectivity index (χ1) is 10.7. The number of ether oxygens (including phenoxy) is 2. The molecule has 0 fully saturated rings. The normalized spacial score (nSPS) is 12.4. The highest BCUT2D eigenvalue weighted by atomic mass is 16.5. The van der Waals surface area contributed by atoms with Crippen molar-refractivity contribution in [3.63, 3.8) is 0 Å². The number of benzene rings is 2. The maximum Gasteiger partial charge on any atom is 0.142 e. The van der Waals surface area contributed by atoms with E-state index in [1.54, 1.807) is 27.2 Å². The van der Waals surface area contributed by atoms with Crippen LogP contribution in [-0.2, 0) is 0 Å². The number of fused-ring (bicyclic) bond motifs is 1. The second kappa shape index (κ2) is 5.73. The van der Waals surface area contributed by atoms with Crippen LogP contribution in [0.1, 0.15) is 18.8 Å². The van der Waals surface area contributed by atoms with Gasteiger partial charge in [0.25, 0.3) is 0 Å². The molecule has 1 atom stereocenters. The minimum atomic E-state index is -0.724. The van der Waals surface area contributed by atoms with Crippen molar-refractivity contribution >= 4 is 11.0 Å². The van der Waals surface area contributed by atoms with E-state index in [2.05, 4.69) is 0 Å². The molecule has 3 aromatic rings. The van der Waals surface area contributed by atoms with Crippen LogP contribution in [0.25, 0.3) is 22.1 Å². The molecule has 1 N–H and O–H groups in total. The van der Waals surface area contributed by atoms with Gasteiger partial charge in [-0.3, -0.25) is 0 Å². The van der Waals surface area contributed by atoms with E-state index in [4.69, 9.17) is 13.9 Å². The van der Waals surface area contributed by atoms with Crippen LogP contribution in [-0.4, -0.2) is 19.3 Å². The molecule has 1 heterocycles. The van der Waals surface area contributed by atoms with E-state index in [1.165, 1.54) is 0 Å². The number of aliphatic hydroxyl groups is 1. The molecule has 4 nitrogen and oxygen atoms in total. The quantitative estimate of drug-likeness (QED) is 0.785. The van der Waals surface area contributed by atoms with Crippen molar-refractivity contribution in [1.29, 1.82) is 0 Å². The van der Waals surface area contributed by atoms with Gasteiger partial charge in [0.05, 0.1) is 19.6 Å². The van der Waals surface area contributed by atoms with E-state index in [9.17, 15) is 5.11 Å². The van der Waals surface area contributed by atoms with Gasteiger partial charge in [-0.25, -0.2) is 0 Å². The van der Waals surface area contributed by atoms with E-state index in [-0.39, 0.29) is 0 Å². The largest absolute Gasteiger partial charge is 0.496 e. The molecular formula is C18H18O4. The van der Waals surface area contributed by atoms with Crippen molar-refractivity contribution in [2.45, 2.75) is 13.0 Å². The summed E-state index contributed by atoms with van der Waals surface area (Å²) in [6, 6.07) is 13.5. The van der Waals surface area contributed by atoms with Crippen molar-refractivity contribution in [2.75, 3.05) is 14.2 Å². The van der Waals surface area contributed by atoms with Gasteiger partial charge in [0.2, 0.25) is 0 Å². The second-order valence-electron chi connectivity index (χ2n) is 5.09. The highest BCUT2D eigenvalue weighted by Gasteiger charge is 2.23. The molecular weight excluding hydrogens is 280 g/mol. The van der Waals surface area contributed by atoms with Crippen LogP contribution in [0.15, 0.2) is 46.9 Å². The summed E-state index contributed by atoms with van der Waals surface area (Å²) >= 11 is 0. The smallest absolute Gasteiger partial charge is 0.142 e. The number of aliphatic hydroxyl groups excluding tert-OH is 1. The van der Waals surface area contributed by atoms with E-state index in [0.29, 0.717) is 22.8 Å². The van der Waals surface area contributed by atoms with Crippen molar-refractivity contribution in [3.05, 3.63) is 48.2 Å². The van der Waals surface area contributed by atoms with Gasteiger partial charge >= 0.3 is 0 Å². The standard InChI is InChI=1S/C18H18O4/c1-11(19)18-16(12-7-5-4-6-8-12)17-14(21-3)9-13(20-2)10-15(17)22-18/h4-11,19H,1-3H3. The lowest BCUT2D eigenvalue weighted by Gasteiger charge is -2.08. The van der Waals surface area contributed by atoms with E-state index in [0.717, 1.165) is 16.5 Å². The molecule has 22 heavy (non-hydrogen) atoms. The van der Waals surface area contributed by atoms with Crippen LogP contribution < -0.4 is 9.47 Å². The maximum atomic E-state index is 10.1. The molecule has 0 saturated heterocycles. The summed E-state index contributed by atoms with van der Waals surface area (Å²) in [4.78, 5) is 0. The van der Waals surface area contributed by atoms with Gasteiger partial charge in [-0.1, -0.05) is 30.3 Å². The van der Waals surface area contributed by atoms with Crippen molar-refractivity contribution < 1.29 is 19.0 Å². The van der Waals surface area contributed by atoms with Gasteiger partial charge in [-0.2, -0.15) is 0 Å².